The van der Waals surface area contributed by atoms with Crippen molar-refractivity contribution in [3.05, 3.63) is 33.8 Å². The molecule has 1 aliphatic carbocycles. The van der Waals surface area contributed by atoms with Gasteiger partial charge in [-0.05, 0) is 64.6 Å². The number of carbonyl (C=O) groups is 1. The van der Waals surface area contributed by atoms with Crippen LogP contribution in [0, 0.1) is 17.8 Å². The first-order valence-electron chi connectivity index (χ1n) is 7.66. The highest BCUT2D eigenvalue weighted by Crippen LogP contribution is 2.45. The van der Waals surface area contributed by atoms with Gasteiger partial charge in [-0.3, -0.25) is 4.79 Å². The largest absolute Gasteiger partial charge is 0.349 e. The zero-order chi connectivity index (χ0) is 15.8. The molecular weight excluding hydrogens is 326 g/mol. The van der Waals surface area contributed by atoms with Crippen molar-refractivity contribution in [2.45, 2.75) is 59.9 Å². The highest BCUT2D eigenvalue weighted by molar-refractivity contribution is 9.10. The van der Waals surface area contributed by atoms with Gasteiger partial charge in [0.05, 0.1) is 5.56 Å². The summed E-state index contributed by atoms with van der Waals surface area (Å²) < 4.78 is 0.900. The summed E-state index contributed by atoms with van der Waals surface area (Å²) >= 11 is 3.53. The Morgan fingerprint density at radius 1 is 1.19 bits per heavy atom. The van der Waals surface area contributed by atoms with Crippen LogP contribution in [0.3, 0.4) is 0 Å². The third-order valence-electron chi connectivity index (χ3n) is 4.33. The van der Waals surface area contributed by atoms with E-state index in [-0.39, 0.29) is 22.8 Å². The molecule has 0 bridgehead atoms. The predicted octanol–water partition coefficient (Wildman–Crippen LogP) is 5.09. The van der Waals surface area contributed by atoms with E-state index < -0.39 is 0 Å². The third kappa shape index (κ3) is 4.09. The van der Waals surface area contributed by atoms with E-state index >= 15 is 0 Å². The van der Waals surface area contributed by atoms with E-state index in [1.165, 1.54) is 6.42 Å². The van der Waals surface area contributed by atoms with E-state index in [1.807, 2.05) is 25.1 Å². The molecule has 1 amide bonds. The summed E-state index contributed by atoms with van der Waals surface area (Å²) in [5.74, 6) is 0.0316. The van der Waals surface area contributed by atoms with Crippen molar-refractivity contribution >= 4 is 21.8 Å². The molecule has 21 heavy (non-hydrogen) atoms. The number of amides is 1. The molecule has 2 nitrogen and oxygen atoms in total. The van der Waals surface area contributed by atoms with Crippen molar-refractivity contribution in [2.75, 3.05) is 0 Å². The lowest BCUT2D eigenvalue weighted by Gasteiger charge is -2.45. The molecule has 1 aliphatic rings. The normalized spacial score (nSPS) is 21.0. The smallest absolute Gasteiger partial charge is 0.252 e. The number of halogens is 1. The van der Waals surface area contributed by atoms with Crippen LogP contribution in [0.4, 0.5) is 0 Å². The fourth-order valence-corrected chi connectivity index (χ4v) is 4.48. The Morgan fingerprint density at radius 2 is 1.76 bits per heavy atom. The van der Waals surface area contributed by atoms with Gasteiger partial charge in [-0.1, -0.05) is 39.8 Å². The van der Waals surface area contributed by atoms with Crippen LogP contribution < -0.4 is 5.32 Å². The van der Waals surface area contributed by atoms with Crippen LogP contribution in [0.2, 0.25) is 0 Å². The number of rotatable bonds is 2. The number of benzene rings is 1. The topological polar surface area (TPSA) is 29.1 Å². The molecule has 116 valence electrons. The lowest BCUT2D eigenvalue weighted by atomic mass is 9.63. The van der Waals surface area contributed by atoms with Gasteiger partial charge in [0, 0.05) is 10.5 Å². The third-order valence-corrected chi connectivity index (χ3v) is 5.38. The standard InChI is InChI=1S/C18H26BrNO/c1-12-7-6-8-14(15(12)19)16(21)20-13-9-17(2,3)11-18(4,5)10-13/h6-8,13H,9-11H2,1-5H3,(H,20,21). The summed E-state index contributed by atoms with van der Waals surface area (Å²) in [5.41, 5.74) is 2.38. The molecule has 1 saturated carbocycles. The van der Waals surface area contributed by atoms with E-state index in [4.69, 9.17) is 0 Å². The number of nitrogens with one attached hydrogen (secondary N) is 1. The first-order chi connectivity index (χ1) is 9.60. The number of carbonyl (C=O) groups excluding carboxylic acids is 1. The van der Waals surface area contributed by atoms with Crippen LogP contribution in [-0.2, 0) is 0 Å². The van der Waals surface area contributed by atoms with Crippen molar-refractivity contribution < 1.29 is 4.79 Å². The second-order valence-electron chi connectivity index (χ2n) is 8.02. The number of aryl methyl sites for hydroxylation is 1. The fourth-order valence-electron chi connectivity index (χ4n) is 4.03. The highest BCUT2D eigenvalue weighted by Gasteiger charge is 2.39. The zero-order valence-corrected chi connectivity index (χ0v) is 15.3. The summed E-state index contributed by atoms with van der Waals surface area (Å²) in [6.07, 6.45) is 3.30. The van der Waals surface area contributed by atoms with Gasteiger partial charge in [-0.15, -0.1) is 0 Å². The van der Waals surface area contributed by atoms with E-state index in [2.05, 4.69) is 48.9 Å². The van der Waals surface area contributed by atoms with Crippen LogP contribution in [0.1, 0.15) is 62.9 Å². The Bertz CT molecular complexity index is 532. The van der Waals surface area contributed by atoms with Crippen LogP contribution in [0.5, 0.6) is 0 Å². The molecule has 0 aliphatic heterocycles. The molecule has 1 aromatic carbocycles. The summed E-state index contributed by atoms with van der Waals surface area (Å²) in [7, 11) is 0. The molecule has 1 N–H and O–H groups in total. The molecule has 1 fully saturated rings. The molecule has 0 atom stereocenters. The Balaban J connectivity index is 2.14. The minimum atomic E-state index is 0.0316. The van der Waals surface area contributed by atoms with Crippen LogP contribution in [0.25, 0.3) is 0 Å². The molecule has 0 aromatic heterocycles. The average molecular weight is 352 g/mol. The maximum Gasteiger partial charge on any atom is 0.252 e. The van der Waals surface area contributed by atoms with Crippen molar-refractivity contribution in [3.8, 4) is 0 Å². The van der Waals surface area contributed by atoms with E-state index in [0.29, 0.717) is 0 Å². The van der Waals surface area contributed by atoms with Crippen molar-refractivity contribution in [3.63, 3.8) is 0 Å². The molecule has 0 spiro atoms. The van der Waals surface area contributed by atoms with Gasteiger partial charge in [0.1, 0.15) is 0 Å². The highest BCUT2D eigenvalue weighted by atomic mass is 79.9. The monoisotopic (exact) mass is 351 g/mol. The molecular formula is C18H26BrNO. The van der Waals surface area contributed by atoms with Gasteiger partial charge in [0.25, 0.3) is 5.91 Å². The molecule has 2 rings (SSSR count). The van der Waals surface area contributed by atoms with Gasteiger partial charge in [-0.2, -0.15) is 0 Å². The molecule has 0 radical (unpaired) electrons. The Kier molecular flexibility index (Phi) is 4.53. The van der Waals surface area contributed by atoms with Crippen molar-refractivity contribution in [1.82, 2.24) is 5.32 Å². The molecule has 1 aromatic rings. The van der Waals surface area contributed by atoms with E-state index in [0.717, 1.165) is 28.4 Å². The van der Waals surface area contributed by atoms with Gasteiger partial charge in [0.2, 0.25) is 0 Å². The lowest BCUT2D eigenvalue weighted by molar-refractivity contribution is 0.0713. The Morgan fingerprint density at radius 3 is 2.33 bits per heavy atom. The first-order valence-corrected chi connectivity index (χ1v) is 8.45. The summed E-state index contributed by atoms with van der Waals surface area (Å²) in [6.45, 7) is 11.2. The van der Waals surface area contributed by atoms with E-state index in [9.17, 15) is 4.79 Å². The van der Waals surface area contributed by atoms with Crippen LogP contribution in [-0.4, -0.2) is 11.9 Å². The summed E-state index contributed by atoms with van der Waals surface area (Å²) in [4.78, 5) is 12.6. The summed E-state index contributed by atoms with van der Waals surface area (Å²) in [6, 6.07) is 6.08. The van der Waals surface area contributed by atoms with Gasteiger partial charge in [-0.25, -0.2) is 0 Å². The molecule has 0 heterocycles. The Labute approximate surface area is 136 Å². The minimum absolute atomic E-state index is 0.0316. The minimum Gasteiger partial charge on any atom is -0.349 e. The average Bonchev–Trinajstić information content (AvgIpc) is 2.28. The quantitative estimate of drug-likeness (QED) is 0.789. The predicted molar refractivity (Wildman–Crippen MR) is 91.5 cm³/mol. The lowest BCUT2D eigenvalue weighted by Crippen LogP contribution is -2.46. The van der Waals surface area contributed by atoms with E-state index in [1.54, 1.807) is 0 Å². The molecule has 0 saturated heterocycles. The van der Waals surface area contributed by atoms with Crippen LogP contribution in [0.15, 0.2) is 22.7 Å². The SMILES string of the molecule is Cc1cccc(C(=O)NC2CC(C)(C)CC(C)(C)C2)c1Br. The fraction of sp³-hybridized carbons (Fsp3) is 0.611. The molecule has 0 unspecified atom stereocenters. The van der Waals surface area contributed by atoms with Gasteiger partial charge in [0.15, 0.2) is 0 Å². The maximum absolute atomic E-state index is 12.6. The maximum atomic E-state index is 12.6. The van der Waals surface area contributed by atoms with Gasteiger partial charge < -0.3 is 5.32 Å². The van der Waals surface area contributed by atoms with Crippen LogP contribution >= 0.6 is 15.9 Å². The second kappa shape index (κ2) is 5.75. The number of hydrogen-bond acceptors (Lipinski definition) is 1. The first kappa shape index (κ1) is 16.5. The van der Waals surface area contributed by atoms with Crippen molar-refractivity contribution in [1.29, 1.82) is 0 Å². The molecule has 3 heteroatoms. The summed E-state index contributed by atoms with van der Waals surface area (Å²) in [5, 5.41) is 3.25. The van der Waals surface area contributed by atoms with Gasteiger partial charge >= 0.3 is 0 Å². The zero-order valence-electron chi connectivity index (χ0n) is 13.7. The second-order valence-corrected chi connectivity index (χ2v) is 8.81. The van der Waals surface area contributed by atoms with Crippen molar-refractivity contribution in [2.24, 2.45) is 10.8 Å². The Hall–Kier alpha value is -0.830. The number of hydrogen-bond donors (Lipinski definition) is 1.